The van der Waals surface area contributed by atoms with Crippen LogP contribution in [0.1, 0.15) is 27.7 Å². The van der Waals surface area contributed by atoms with Crippen LogP contribution in [0.2, 0.25) is 0 Å². The molecule has 0 aliphatic heterocycles. The quantitative estimate of drug-likeness (QED) is 0.378. The van der Waals surface area contributed by atoms with Crippen LogP contribution in [0.4, 0.5) is 0 Å². The summed E-state index contributed by atoms with van der Waals surface area (Å²) in [6.45, 7) is 10.5. The first-order valence-electron chi connectivity index (χ1n) is 8.13. The summed E-state index contributed by atoms with van der Waals surface area (Å²) >= 11 is 0. The summed E-state index contributed by atoms with van der Waals surface area (Å²) in [4.78, 5) is 22.7. The third-order valence-electron chi connectivity index (χ3n) is 3.03. The van der Waals surface area contributed by atoms with E-state index in [1.807, 2.05) is 27.7 Å². The smallest absolute Gasteiger partial charge is 0.222 e. The molecule has 2 atom stereocenters. The molecule has 0 spiro atoms. The molecule has 1 amide bonds. The van der Waals surface area contributed by atoms with Gasteiger partial charge in [-0.1, -0.05) is 27.7 Å². The van der Waals surface area contributed by atoms with Crippen molar-refractivity contribution >= 4 is 20.9 Å². The molecule has 136 valence electrons. The molecule has 0 saturated heterocycles. The van der Waals surface area contributed by atoms with Crippen molar-refractivity contribution in [2.24, 2.45) is 11.8 Å². The Hall–Kier alpha value is -0.550. The molecule has 0 aliphatic rings. The van der Waals surface area contributed by atoms with Crippen LogP contribution in [0, 0.1) is 11.8 Å². The lowest BCUT2D eigenvalue weighted by atomic mass is 10.1. The molecule has 2 unspecified atom stereocenters. The van der Waals surface area contributed by atoms with E-state index in [0.29, 0.717) is 39.6 Å². The molecular weight excluding hydrogens is 317 g/mol. The Bertz CT molecular complexity index is 336. The van der Waals surface area contributed by atoms with E-state index in [9.17, 15) is 9.59 Å². The monoisotopic (exact) mass is 349 g/mol. The number of ether oxygens (including phenoxy) is 3. The second kappa shape index (κ2) is 13.8. The number of nitrogens with one attached hydrogen (secondary N) is 1. The Morgan fingerprint density at radius 1 is 0.913 bits per heavy atom. The van der Waals surface area contributed by atoms with Crippen molar-refractivity contribution in [3.8, 4) is 0 Å². The van der Waals surface area contributed by atoms with E-state index < -0.39 is 0 Å². The van der Waals surface area contributed by atoms with Crippen molar-refractivity contribution in [2.75, 3.05) is 46.2 Å². The van der Waals surface area contributed by atoms with Gasteiger partial charge in [0.1, 0.15) is 6.61 Å². The van der Waals surface area contributed by atoms with Gasteiger partial charge in [-0.25, -0.2) is 0 Å². The number of ketones is 1. The first-order chi connectivity index (χ1) is 10.8. The Labute approximate surface area is 142 Å². The van der Waals surface area contributed by atoms with E-state index in [-0.39, 0.29) is 35.8 Å². The molecule has 0 saturated carbocycles. The number of amides is 1. The maximum absolute atomic E-state index is 11.4. The van der Waals surface area contributed by atoms with Crippen LogP contribution in [0.25, 0.3) is 0 Å². The fourth-order valence-electron chi connectivity index (χ4n) is 1.41. The predicted molar refractivity (Wildman–Crippen MR) is 93.6 cm³/mol. The molecule has 0 aromatic heterocycles. The minimum Gasteiger partial charge on any atom is -0.378 e. The third-order valence-corrected chi connectivity index (χ3v) is 3.46. The normalized spacial score (nSPS) is 12.7. The van der Waals surface area contributed by atoms with Gasteiger partial charge < -0.3 is 19.5 Å². The lowest BCUT2D eigenvalue weighted by molar-refractivity contribution is -0.127. The highest BCUT2D eigenvalue weighted by molar-refractivity contribution is 7.17. The standard InChI is InChI=1S/C16H32NO5P/c1-12(2)15(18)11-22-8-6-20-5-7-21-10-14(23)9-17-16(19)13(3)4/h12-14H,5-11,23H2,1-4H3,(H,17,19). The summed E-state index contributed by atoms with van der Waals surface area (Å²) < 4.78 is 16.0. The van der Waals surface area contributed by atoms with Gasteiger partial charge in [-0.05, 0) is 0 Å². The van der Waals surface area contributed by atoms with Gasteiger partial charge in [-0.3, -0.25) is 9.59 Å². The Morgan fingerprint density at radius 2 is 1.48 bits per heavy atom. The van der Waals surface area contributed by atoms with E-state index in [2.05, 4.69) is 14.6 Å². The van der Waals surface area contributed by atoms with Gasteiger partial charge in [0.25, 0.3) is 0 Å². The summed E-state index contributed by atoms with van der Waals surface area (Å²) in [7, 11) is 2.66. The summed E-state index contributed by atoms with van der Waals surface area (Å²) in [5, 5.41) is 2.86. The molecule has 23 heavy (non-hydrogen) atoms. The molecule has 0 heterocycles. The second-order valence-corrected chi connectivity index (χ2v) is 6.96. The number of Topliss-reactive ketones (excluding diaryl/α,β-unsaturated/α-hetero) is 1. The lowest BCUT2D eigenvalue weighted by Crippen LogP contribution is -2.34. The van der Waals surface area contributed by atoms with Crippen LogP contribution in [-0.4, -0.2) is 63.5 Å². The molecule has 6 nitrogen and oxygen atoms in total. The second-order valence-electron chi connectivity index (χ2n) is 6.02. The molecular formula is C16H32NO5P. The predicted octanol–water partition coefficient (Wildman–Crippen LogP) is 1.28. The van der Waals surface area contributed by atoms with Crippen molar-refractivity contribution < 1.29 is 23.8 Å². The topological polar surface area (TPSA) is 73.9 Å². The van der Waals surface area contributed by atoms with Crippen molar-refractivity contribution in [3.05, 3.63) is 0 Å². The summed E-state index contributed by atoms with van der Waals surface area (Å²) in [5.41, 5.74) is 0.183. The van der Waals surface area contributed by atoms with Gasteiger partial charge >= 0.3 is 0 Å². The van der Waals surface area contributed by atoms with E-state index in [0.717, 1.165) is 0 Å². The average Bonchev–Trinajstić information content (AvgIpc) is 2.50. The van der Waals surface area contributed by atoms with Gasteiger partial charge in [0.15, 0.2) is 5.78 Å². The highest BCUT2D eigenvalue weighted by Gasteiger charge is 2.09. The van der Waals surface area contributed by atoms with Crippen LogP contribution < -0.4 is 5.32 Å². The summed E-state index contributed by atoms with van der Waals surface area (Å²) in [5.74, 6) is 0.162. The summed E-state index contributed by atoms with van der Waals surface area (Å²) in [6.07, 6.45) is 0. The van der Waals surface area contributed by atoms with Gasteiger partial charge in [0.05, 0.1) is 33.0 Å². The van der Waals surface area contributed by atoms with Crippen LogP contribution >= 0.6 is 9.24 Å². The van der Waals surface area contributed by atoms with Gasteiger partial charge in [0.2, 0.25) is 5.91 Å². The highest BCUT2D eigenvalue weighted by Crippen LogP contribution is 2.00. The maximum atomic E-state index is 11.4. The van der Waals surface area contributed by atoms with E-state index in [4.69, 9.17) is 14.2 Å². The third kappa shape index (κ3) is 13.6. The number of carbonyl (C=O) groups is 2. The zero-order valence-corrected chi connectivity index (χ0v) is 16.0. The minimum absolute atomic E-state index is 0.000399. The number of hydrogen-bond acceptors (Lipinski definition) is 5. The minimum atomic E-state index is -0.000399. The zero-order chi connectivity index (χ0) is 17.7. The average molecular weight is 349 g/mol. The Balaban J connectivity index is 3.36. The molecule has 0 rings (SSSR count). The largest absolute Gasteiger partial charge is 0.378 e. The number of carbonyl (C=O) groups excluding carboxylic acids is 2. The summed E-state index contributed by atoms with van der Waals surface area (Å²) in [6, 6.07) is 0. The van der Waals surface area contributed by atoms with E-state index in [1.54, 1.807) is 0 Å². The number of rotatable bonds is 14. The van der Waals surface area contributed by atoms with E-state index >= 15 is 0 Å². The van der Waals surface area contributed by atoms with Crippen molar-refractivity contribution in [1.82, 2.24) is 5.32 Å². The zero-order valence-electron chi connectivity index (χ0n) is 14.8. The molecule has 0 aliphatic carbocycles. The van der Waals surface area contributed by atoms with Gasteiger partial charge in [-0.2, -0.15) is 0 Å². The highest BCUT2D eigenvalue weighted by atomic mass is 31.0. The molecule has 0 bridgehead atoms. The maximum Gasteiger partial charge on any atom is 0.222 e. The lowest BCUT2D eigenvalue weighted by Gasteiger charge is -2.14. The Morgan fingerprint density at radius 3 is 2.04 bits per heavy atom. The molecule has 0 aromatic carbocycles. The SMILES string of the molecule is CC(C)C(=O)COCCOCCOCC(P)CNC(=O)C(C)C. The Kier molecular flexibility index (Phi) is 13.5. The molecule has 7 heteroatoms. The molecule has 0 radical (unpaired) electrons. The van der Waals surface area contributed by atoms with Crippen LogP contribution in [0.5, 0.6) is 0 Å². The van der Waals surface area contributed by atoms with Crippen molar-refractivity contribution in [3.63, 3.8) is 0 Å². The van der Waals surface area contributed by atoms with Crippen LogP contribution in [-0.2, 0) is 23.8 Å². The van der Waals surface area contributed by atoms with Crippen molar-refractivity contribution in [1.29, 1.82) is 0 Å². The van der Waals surface area contributed by atoms with E-state index in [1.165, 1.54) is 0 Å². The van der Waals surface area contributed by atoms with Gasteiger partial charge in [-0.15, -0.1) is 9.24 Å². The van der Waals surface area contributed by atoms with Crippen LogP contribution in [0.3, 0.4) is 0 Å². The first-order valence-corrected chi connectivity index (χ1v) is 8.80. The fourth-order valence-corrected chi connectivity index (χ4v) is 1.66. The van der Waals surface area contributed by atoms with Crippen LogP contribution in [0.15, 0.2) is 0 Å². The number of hydrogen-bond donors (Lipinski definition) is 1. The van der Waals surface area contributed by atoms with Gasteiger partial charge in [0, 0.05) is 24.0 Å². The fraction of sp³-hybridized carbons (Fsp3) is 0.875. The molecule has 0 aromatic rings. The first kappa shape index (κ1) is 22.4. The van der Waals surface area contributed by atoms with Crippen molar-refractivity contribution in [2.45, 2.75) is 33.4 Å². The molecule has 0 fully saturated rings. The molecule has 1 N–H and O–H groups in total.